The second kappa shape index (κ2) is 6.43. The molecule has 0 unspecified atom stereocenters. The van der Waals surface area contributed by atoms with Gasteiger partial charge >= 0.3 is 0 Å². The first-order valence-electron chi connectivity index (χ1n) is 6.49. The molecule has 0 aliphatic heterocycles. The molecule has 0 saturated heterocycles. The fraction of sp³-hybridized carbons (Fsp3) is 0.250. The lowest BCUT2D eigenvalue weighted by Crippen LogP contribution is -2.23. The number of benzene rings is 1. The largest absolute Gasteiger partial charge is 0.405 e. The molecule has 6 heteroatoms. The zero-order valence-corrected chi connectivity index (χ0v) is 14.1. The maximum absolute atomic E-state index is 12.6. The van der Waals surface area contributed by atoms with E-state index in [1.54, 1.807) is 33.0 Å². The summed E-state index contributed by atoms with van der Waals surface area (Å²) in [7, 11) is 1.58. The SMILES string of the molecule is CC#COc1c(C)nn(C)c(=O)c1-c1c(C)cc(Cl)cc1Cl. The zero-order valence-electron chi connectivity index (χ0n) is 12.6. The summed E-state index contributed by atoms with van der Waals surface area (Å²) in [6, 6.07) is 3.34. The topological polar surface area (TPSA) is 44.1 Å². The van der Waals surface area contributed by atoms with E-state index >= 15 is 0 Å². The van der Waals surface area contributed by atoms with E-state index in [1.165, 1.54) is 4.68 Å². The predicted molar refractivity (Wildman–Crippen MR) is 88.5 cm³/mol. The molecule has 0 aliphatic carbocycles. The van der Waals surface area contributed by atoms with Crippen LogP contribution in [-0.2, 0) is 7.05 Å². The average Bonchev–Trinajstić information content (AvgIpc) is 2.42. The fourth-order valence-corrected chi connectivity index (χ4v) is 2.91. The van der Waals surface area contributed by atoms with Crippen LogP contribution in [0.3, 0.4) is 0 Å². The molecule has 0 aliphatic rings. The molecular weight excluding hydrogens is 323 g/mol. The van der Waals surface area contributed by atoms with Gasteiger partial charge in [0.25, 0.3) is 5.56 Å². The standard InChI is InChI=1S/C16H14Cl2N2O2/c1-5-6-22-15-10(3)19-20(4)16(21)14(15)13-9(2)7-11(17)8-12(13)18/h7-8H,1-4H3. The maximum Gasteiger partial charge on any atom is 0.278 e. The van der Waals surface area contributed by atoms with E-state index in [4.69, 9.17) is 27.9 Å². The van der Waals surface area contributed by atoms with Crippen LogP contribution in [0, 0.1) is 25.9 Å². The van der Waals surface area contributed by atoms with Crippen molar-refractivity contribution in [3.8, 4) is 28.9 Å². The molecule has 0 N–H and O–H groups in total. The van der Waals surface area contributed by atoms with E-state index in [-0.39, 0.29) is 5.56 Å². The van der Waals surface area contributed by atoms with Crippen LogP contribution >= 0.6 is 23.2 Å². The highest BCUT2D eigenvalue weighted by Gasteiger charge is 2.21. The summed E-state index contributed by atoms with van der Waals surface area (Å²) in [5.74, 6) is 2.94. The Morgan fingerprint density at radius 1 is 1.23 bits per heavy atom. The summed E-state index contributed by atoms with van der Waals surface area (Å²) in [6.45, 7) is 5.22. The van der Waals surface area contributed by atoms with Crippen LogP contribution in [-0.4, -0.2) is 9.78 Å². The molecule has 0 radical (unpaired) electrons. The van der Waals surface area contributed by atoms with Crippen LogP contribution in [0.1, 0.15) is 18.2 Å². The number of nitrogens with zero attached hydrogens (tertiary/aromatic N) is 2. The Labute approximate surface area is 138 Å². The predicted octanol–water partition coefficient (Wildman–Crippen LogP) is 3.73. The molecule has 0 atom stereocenters. The normalized spacial score (nSPS) is 10.1. The van der Waals surface area contributed by atoms with Gasteiger partial charge in [0.05, 0.1) is 10.6 Å². The van der Waals surface area contributed by atoms with Gasteiger partial charge in [-0.2, -0.15) is 5.10 Å². The number of aromatic nitrogens is 2. The second-order valence-corrected chi connectivity index (χ2v) is 5.60. The smallest absolute Gasteiger partial charge is 0.278 e. The van der Waals surface area contributed by atoms with Crippen LogP contribution in [0.2, 0.25) is 10.0 Å². The van der Waals surface area contributed by atoms with Crippen LogP contribution in [0.25, 0.3) is 11.1 Å². The van der Waals surface area contributed by atoms with E-state index in [0.29, 0.717) is 32.6 Å². The van der Waals surface area contributed by atoms with Gasteiger partial charge in [-0.3, -0.25) is 4.79 Å². The lowest BCUT2D eigenvalue weighted by Gasteiger charge is -2.14. The average molecular weight is 337 g/mol. The summed E-state index contributed by atoms with van der Waals surface area (Å²) in [4.78, 5) is 12.6. The lowest BCUT2D eigenvalue weighted by atomic mass is 10.0. The van der Waals surface area contributed by atoms with E-state index < -0.39 is 0 Å². The van der Waals surface area contributed by atoms with Gasteiger partial charge in [-0.15, -0.1) is 0 Å². The Morgan fingerprint density at radius 2 is 1.91 bits per heavy atom. The molecule has 2 rings (SSSR count). The first-order chi connectivity index (χ1) is 10.4. The number of hydrogen-bond donors (Lipinski definition) is 0. The first kappa shape index (κ1) is 16.4. The van der Waals surface area contributed by atoms with Gasteiger partial charge in [0.15, 0.2) is 5.75 Å². The van der Waals surface area contributed by atoms with Gasteiger partial charge in [0.2, 0.25) is 0 Å². The monoisotopic (exact) mass is 336 g/mol. The molecule has 0 bridgehead atoms. The molecule has 1 heterocycles. The number of halogens is 2. The van der Waals surface area contributed by atoms with Crippen molar-refractivity contribution in [3.63, 3.8) is 0 Å². The quantitative estimate of drug-likeness (QED) is 0.785. The highest BCUT2D eigenvalue weighted by Crippen LogP contribution is 2.37. The molecule has 0 spiro atoms. The van der Waals surface area contributed by atoms with Crippen molar-refractivity contribution in [1.82, 2.24) is 9.78 Å². The zero-order chi connectivity index (χ0) is 16.4. The van der Waals surface area contributed by atoms with Crippen LogP contribution in [0.15, 0.2) is 16.9 Å². The Hall–Kier alpha value is -1.96. The first-order valence-corrected chi connectivity index (χ1v) is 7.25. The summed E-state index contributed by atoms with van der Waals surface area (Å²) in [5.41, 5.74) is 1.91. The number of ether oxygens (including phenoxy) is 1. The highest BCUT2D eigenvalue weighted by molar-refractivity contribution is 6.36. The number of hydrogen-bond acceptors (Lipinski definition) is 3. The van der Waals surface area contributed by atoms with Crippen molar-refractivity contribution in [1.29, 1.82) is 0 Å². The molecule has 114 valence electrons. The molecule has 22 heavy (non-hydrogen) atoms. The lowest BCUT2D eigenvalue weighted by molar-refractivity contribution is 0.502. The van der Waals surface area contributed by atoms with Gasteiger partial charge in [0, 0.05) is 24.6 Å². The highest BCUT2D eigenvalue weighted by atomic mass is 35.5. The third kappa shape index (κ3) is 2.96. The van der Waals surface area contributed by atoms with Crippen LogP contribution in [0.5, 0.6) is 5.75 Å². The van der Waals surface area contributed by atoms with Crippen molar-refractivity contribution in [2.75, 3.05) is 0 Å². The van der Waals surface area contributed by atoms with Gasteiger partial charge in [-0.05, 0) is 31.5 Å². The minimum absolute atomic E-state index is 0.310. The Morgan fingerprint density at radius 3 is 2.50 bits per heavy atom. The Bertz CT molecular complexity index is 838. The van der Waals surface area contributed by atoms with E-state index in [1.807, 2.05) is 6.92 Å². The van der Waals surface area contributed by atoms with Gasteiger partial charge in [-0.1, -0.05) is 29.1 Å². The molecule has 2 aromatic rings. The molecular formula is C16H14Cl2N2O2. The van der Waals surface area contributed by atoms with E-state index in [2.05, 4.69) is 17.1 Å². The molecule has 0 fully saturated rings. The minimum Gasteiger partial charge on any atom is -0.405 e. The second-order valence-electron chi connectivity index (χ2n) is 4.75. The number of aryl methyl sites for hydroxylation is 3. The number of rotatable bonds is 2. The van der Waals surface area contributed by atoms with Crippen molar-refractivity contribution in [2.45, 2.75) is 20.8 Å². The molecule has 0 amide bonds. The van der Waals surface area contributed by atoms with Crippen LogP contribution < -0.4 is 10.3 Å². The Balaban J connectivity index is 2.90. The molecule has 4 nitrogen and oxygen atoms in total. The van der Waals surface area contributed by atoms with Crippen molar-refractivity contribution in [3.05, 3.63) is 43.8 Å². The Kier molecular flexibility index (Phi) is 4.80. The van der Waals surface area contributed by atoms with Gasteiger partial charge in [-0.25, -0.2) is 4.68 Å². The van der Waals surface area contributed by atoms with Crippen molar-refractivity contribution in [2.24, 2.45) is 7.05 Å². The third-order valence-electron chi connectivity index (χ3n) is 3.12. The molecule has 1 aromatic carbocycles. The maximum atomic E-state index is 12.6. The van der Waals surface area contributed by atoms with E-state index in [9.17, 15) is 4.79 Å². The van der Waals surface area contributed by atoms with Gasteiger partial charge in [0.1, 0.15) is 11.8 Å². The molecule has 0 saturated carbocycles. The fourth-order valence-electron chi connectivity index (χ4n) is 2.22. The summed E-state index contributed by atoms with van der Waals surface area (Å²) < 4.78 is 6.67. The summed E-state index contributed by atoms with van der Waals surface area (Å²) in [6.07, 6.45) is 2.51. The van der Waals surface area contributed by atoms with Crippen molar-refractivity contribution < 1.29 is 4.74 Å². The van der Waals surface area contributed by atoms with E-state index in [0.717, 1.165) is 5.56 Å². The minimum atomic E-state index is -0.314. The molecule has 1 aromatic heterocycles. The third-order valence-corrected chi connectivity index (χ3v) is 3.64. The van der Waals surface area contributed by atoms with Crippen LogP contribution in [0.4, 0.5) is 0 Å². The van der Waals surface area contributed by atoms with Crippen molar-refractivity contribution >= 4 is 23.2 Å². The van der Waals surface area contributed by atoms with Gasteiger partial charge < -0.3 is 4.74 Å². The summed E-state index contributed by atoms with van der Waals surface area (Å²) in [5, 5.41) is 5.01. The summed E-state index contributed by atoms with van der Waals surface area (Å²) >= 11 is 12.3.